The highest BCUT2D eigenvalue weighted by Gasteiger charge is 2.31. The van der Waals surface area contributed by atoms with Crippen LogP contribution >= 0.6 is 0 Å². The van der Waals surface area contributed by atoms with Gasteiger partial charge in [0, 0.05) is 30.2 Å². The summed E-state index contributed by atoms with van der Waals surface area (Å²) in [4.78, 5) is 25.8. The number of nitrogens with zero attached hydrogens (tertiary/aromatic N) is 3. The van der Waals surface area contributed by atoms with E-state index in [1.54, 1.807) is 30.5 Å². The zero-order chi connectivity index (χ0) is 23.6. The summed E-state index contributed by atoms with van der Waals surface area (Å²) >= 11 is 0. The van der Waals surface area contributed by atoms with Gasteiger partial charge in [-0.25, -0.2) is 0 Å². The number of amides is 2. The van der Waals surface area contributed by atoms with Gasteiger partial charge in [0.15, 0.2) is 0 Å². The summed E-state index contributed by atoms with van der Waals surface area (Å²) in [5.41, 5.74) is 1.15. The molecule has 0 unspecified atom stereocenters. The third-order valence-electron chi connectivity index (χ3n) is 5.22. The van der Waals surface area contributed by atoms with E-state index >= 15 is 0 Å². The van der Waals surface area contributed by atoms with Crippen LogP contribution in [0.3, 0.4) is 0 Å². The lowest BCUT2D eigenvalue weighted by atomic mass is 10.1. The maximum absolute atomic E-state index is 13.1. The highest BCUT2D eigenvalue weighted by molar-refractivity contribution is 6.03. The Labute approximate surface area is 183 Å². The average molecular weight is 444 g/mol. The van der Waals surface area contributed by atoms with Crippen molar-refractivity contribution in [2.75, 3.05) is 13.6 Å². The van der Waals surface area contributed by atoms with E-state index in [-0.39, 0.29) is 24.1 Å². The molecule has 2 aromatic rings. The second-order valence-electron chi connectivity index (χ2n) is 7.88. The minimum absolute atomic E-state index is 0.165. The Morgan fingerprint density at radius 3 is 2.56 bits per heavy atom. The molecule has 0 bridgehead atoms. The van der Waals surface area contributed by atoms with Crippen LogP contribution in [0.5, 0.6) is 0 Å². The Kier molecular flexibility index (Phi) is 6.44. The number of aromatic nitrogens is 1. The second-order valence-corrected chi connectivity index (χ2v) is 7.88. The van der Waals surface area contributed by atoms with E-state index in [0.717, 1.165) is 25.0 Å². The molecule has 1 aromatic carbocycles. The summed E-state index contributed by atoms with van der Waals surface area (Å²) in [7, 11) is 1.44. The van der Waals surface area contributed by atoms with Gasteiger partial charge in [-0.05, 0) is 62.6 Å². The largest absolute Gasteiger partial charge is 0.416 e. The lowest BCUT2D eigenvalue weighted by Gasteiger charge is -2.16. The van der Waals surface area contributed by atoms with Gasteiger partial charge in [-0.3, -0.25) is 9.59 Å². The van der Waals surface area contributed by atoms with Crippen molar-refractivity contribution < 1.29 is 22.8 Å². The van der Waals surface area contributed by atoms with E-state index < -0.39 is 17.6 Å². The molecule has 1 saturated carbocycles. The maximum atomic E-state index is 13.1. The maximum Gasteiger partial charge on any atom is 0.416 e. The number of hydrogen-bond donors (Lipinski definition) is 1. The molecular formula is C23H23F3N4O2. The highest BCUT2D eigenvalue weighted by Crippen LogP contribution is 2.31. The van der Waals surface area contributed by atoms with Crippen LogP contribution in [0.25, 0.3) is 11.8 Å². The molecule has 1 heterocycles. The normalized spacial score (nSPS) is 14.1. The van der Waals surface area contributed by atoms with Crippen molar-refractivity contribution in [1.29, 1.82) is 5.26 Å². The van der Waals surface area contributed by atoms with Gasteiger partial charge in [-0.15, -0.1) is 0 Å². The van der Waals surface area contributed by atoms with Crippen LogP contribution in [0.1, 0.15) is 35.4 Å². The van der Waals surface area contributed by atoms with E-state index in [9.17, 15) is 28.0 Å². The molecule has 6 nitrogen and oxygen atoms in total. The topological polar surface area (TPSA) is 78.1 Å². The summed E-state index contributed by atoms with van der Waals surface area (Å²) in [5.74, 6) is -0.898. The monoisotopic (exact) mass is 444 g/mol. The Morgan fingerprint density at radius 1 is 1.28 bits per heavy atom. The van der Waals surface area contributed by atoms with Crippen LogP contribution in [-0.2, 0) is 15.8 Å². The summed E-state index contributed by atoms with van der Waals surface area (Å²) in [6, 6.07) is 8.67. The van der Waals surface area contributed by atoms with Gasteiger partial charge in [0.25, 0.3) is 5.91 Å². The smallest absolute Gasteiger partial charge is 0.352 e. The van der Waals surface area contributed by atoms with E-state index in [1.165, 1.54) is 24.1 Å². The van der Waals surface area contributed by atoms with Crippen molar-refractivity contribution in [2.24, 2.45) is 0 Å². The quantitative estimate of drug-likeness (QED) is 0.545. The summed E-state index contributed by atoms with van der Waals surface area (Å²) in [6.45, 7) is 3.26. The number of benzene rings is 1. The zero-order valence-corrected chi connectivity index (χ0v) is 18.0. The first-order valence-electron chi connectivity index (χ1n) is 10.0. The highest BCUT2D eigenvalue weighted by atomic mass is 19.4. The minimum atomic E-state index is -4.47. The van der Waals surface area contributed by atoms with Gasteiger partial charge in [0.2, 0.25) is 5.91 Å². The van der Waals surface area contributed by atoms with E-state index in [0.29, 0.717) is 22.6 Å². The number of halogens is 3. The second kappa shape index (κ2) is 8.91. The van der Waals surface area contributed by atoms with Crippen LogP contribution in [0.2, 0.25) is 0 Å². The van der Waals surface area contributed by atoms with Gasteiger partial charge >= 0.3 is 6.18 Å². The van der Waals surface area contributed by atoms with Crippen molar-refractivity contribution in [3.8, 4) is 11.8 Å². The summed E-state index contributed by atoms with van der Waals surface area (Å²) < 4.78 is 41.0. The fourth-order valence-corrected chi connectivity index (χ4v) is 3.44. The molecule has 0 saturated heterocycles. The van der Waals surface area contributed by atoms with Gasteiger partial charge in [-0.1, -0.05) is 6.07 Å². The van der Waals surface area contributed by atoms with Crippen LogP contribution in [0.4, 0.5) is 13.2 Å². The minimum Gasteiger partial charge on any atom is -0.352 e. The van der Waals surface area contributed by atoms with Crippen LogP contribution in [0, 0.1) is 25.2 Å². The van der Waals surface area contributed by atoms with Crippen molar-refractivity contribution in [3.63, 3.8) is 0 Å². The van der Waals surface area contributed by atoms with Crippen LogP contribution in [0.15, 0.2) is 35.9 Å². The number of aryl methyl sites for hydroxylation is 1. The van der Waals surface area contributed by atoms with E-state index in [4.69, 9.17) is 0 Å². The number of carbonyl (C=O) groups is 2. The molecule has 2 amide bonds. The van der Waals surface area contributed by atoms with Gasteiger partial charge in [0.1, 0.15) is 11.6 Å². The van der Waals surface area contributed by atoms with Gasteiger partial charge in [-0.2, -0.15) is 18.4 Å². The first kappa shape index (κ1) is 23.1. The first-order valence-corrected chi connectivity index (χ1v) is 10.0. The Balaban J connectivity index is 1.87. The molecule has 1 aliphatic carbocycles. The number of carbonyl (C=O) groups excluding carboxylic acids is 2. The molecule has 0 spiro atoms. The average Bonchev–Trinajstić information content (AvgIpc) is 3.48. The molecule has 1 aliphatic rings. The molecule has 1 N–H and O–H groups in total. The summed E-state index contributed by atoms with van der Waals surface area (Å²) in [5, 5.41) is 12.3. The summed E-state index contributed by atoms with van der Waals surface area (Å²) in [6.07, 6.45) is -1.23. The SMILES string of the molecule is Cc1cc(/C=C(\C#N)C(=O)N(C)CC(=O)NC2CC2)c(C)n1-c1cccc(C(F)(F)F)c1. The van der Waals surface area contributed by atoms with Gasteiger partial charge in [0.05, 0.1) is 12.1 Å². The third-order valence-corrected chi connectivity index (χ3v) is 5.22. The van der Waals surface area contributed by atoms with E-state index in [2.05, 4.69) is 5.32 Å². The van der Waals surface area contributed by atoms with Crippen molar-refractivity contribution in [1.82, 2.24) is 14.8 Å². The number of rotatable bonds is 6. The van der Waals surface area contributed by atoms with Crippen LogP contribution < -0.4 is 5.32 Å². The predicted molar refractivity (Wildman–Crippen MR) is 113 cm³/mol. The fourth-order valence-electron chi connectivity index (χ4n) is 3.44. The number of alkyl halides is 3. The number of nitriles is 1. The molecule has 0 atom stereocenters. The van der Waals surface area contributed by atoms with Crippen molar-refractivity contribution in [3.05, 3.63) is 58.4 Å². The molecule has 1 aromatic heterocycles. The molecule has 32 heavy (non-hydrogen) atoms. The molecule has 9 heteroatoms. The molecular weight excluding hydrogens is 421 g/mol. The zero-order valence-electron chi connectivity index (χ0n) is 18.0. The fraction of sp³-hybridized carbons (Fsp3) is 0.348. The Hall–Kier alpha value is -3.54. The molecule has 0 radical (unpaired) electrons. The molecule has 168 valence electrons. The number of nitrogens with one attached hydrogen (secondary N) is 1. The predicted octanol–water partition coefficient (Wildman–Crippen LogP) is 3.76. The lowest BCUT2D eigenvalue weighted by molar-refractivity contribution is -0.137. The third kappa shape index (κ3) is 5.19. The Morgan fingerprint density at radius 2 is 1.97 bits per heavy atom. The van der Waals surface area contributed by atoms with Crippen LogP contribution in [-0.4, -0.2) is 40.9 Å². The van der Waals surface area contributed by atoms with Crippen molar-refractivity contribution in [2.45, 2.75) is 38.9 Å². The number of hydrogen-bond acceptors (Lipinski definition) is 3. The molecule has 3 rings (SSSR count). The standard InChI is InChI=1S/C23H23F3N4O2/c1-14-9-16(15(2)30(14)20-6-4-5-18(11-20)23(24,25)26)10-17(12-27)22(32)29(3)13-21(31)28-19-7-8-19/h4-6,9-11,19H,7-8,13H2,1-3H3,(H,28,31)/b17-10+. The number of likely N-dealkylation sites (N-methyl/N-ethyl adjacent to an activating group) is 1. The molecule has 0 aliphatic heterocycles. The lowest BCUT2D eigenvalue weighted by Crippen LogP contribution is -2.39. The van der Waals surface area contributed by atoms with Gasteiger partial charge < -0.3 is 14.8 Å². The Bertz CT molecular complexity index is 1120. The first-order chi connectivity index (χ1) is 15.0. The molecule has 1 fully saturated rings. The van der Waals surface area contributed by atoms with E-state index in [1.807, 2.05) is 6.07 Å². The van der Waals surface area contributed by atoms with Crippen molar-refractivity contribution >= 4 is 17.9 Å².